The Labute approximate surface area is 124 Å². The minimum atomic E-state index is -1.77. The number of hydrogen-bond donors (Lipinski definition) is 0. The molecule has 1 fully saturated rings. The molecule has 118 valence electrons. The Morgan fingerprint density at radius 1 is 1.20 bits per heavy atom. The normalized spacial score (nSPS) is 27.2. The van der Waals surface area contributed by atoms with E-state index in [0.29, 0.717) is 6.61 Å². The molecule has 0 radical (unpaired) electrons. The van der Waals surface area contributed by atoms with Crippen LogP contribution < -0.4 is 0 Å². The maximum absolute atomic E-state index is 6.24. The molecule has 0 bridgehead atoms. The van der Waals surface area contributed by atoms with E-state index in [-0.39, 0.29) is 17.2 Å². The first kappa shape index (κ1) is 17.7. The zero-order valence-corrected chi connectivity index (χ0v) is 15.1. The van der Waals surface area contributed by atoms with Crippen molar-refractivity contribution in [2.75, 3.05) is 13.7 Å². The molecule has 1 heterocycles. The average molecular weight is 302 g/mol. The van der Waals surface area contributed by atoms with Gasteiger partial charge in [0.05, 0.1) is 20.0 Å². The van der Waals surface area contributed by atoms with Crippen LogP contribution in [0.5, 0.6) is 0 Å². The van der Waals surface area contributed by atoms with Crippen molar-refractivity contribution < 1.29 is 18.6 Å². The van der Waals surface area contributed by atoms with E-state index in [4.69, 9.17) is 18.6 Å². The highest BCUT2D eigenvalue weighted by Crippen LogP contribution is 2.37. The summed E-state index contributed by atoms with van der Waals surface area (Å²) in [6, 6.07) is 0. The first-order chi connectivity index (χ1) is 8.98. The Morgan fingerprint density at radius 2 is 1.80 bits per heavy atom. The summed E-state index contributed by atoms with van der Waals surface area (Å²) in [4.78, 5) is 0. The standard InChI is InChI=1S/C15H30O4Si/c1-14(2,3)20(7,8)17-11-13-12(9-10-16-6)18-15(4,5)19-13/h9-10,12-13H,11H2,1-8H3/b10-9-/t12-,13-/m1/s1. The summed E-state index contributed by atoms with van der Waals surface area (Å²) in [6.07, 6.45) is 3.30. The molecule has 0 aromatic carbocycles. The Morgan fingerprint density at radius 3 is 2.30 bits per heavy atom. The maximum Gasteiger partial charge on any atom is 0.192 e. The number of hydrogen-bond acceptors (Lipinski definition) is 4. The quantitative estimate of drug-likeness (QED) is 0.573. The molecular formula is C15H30O4Si. The van der Waals surface area contributed by atoms with Gasteiger partial charge in [0.25, 0.3) is 0 Å². The van der Waals surface area contributed by atoms with Crippen molar-refractivity contribution in [3.8, 4) is 0 Å². The molecule has 0 amide bonds. The van der Waals surface area contributed by atoms with Gasteiger partial charge in [0.2, 0.25) is 0 Å². The second-order valence-electron chi connectivity index (χ2n) is 7.27. The summed E-state index contributed by atoms with van der Waals surface area (Å²) in [5.41, 5.74) is 0. The van der Waals surface area contributed by atoms with Crippen LogP contribution in [-0.2, 0) is 18.6 Å². The lowest BCUT2D eigenvalue weighted by Gasteiger charge is -2.37. The zero-order valence-electron chi connectivity index (χ0n) is 14.1. The molecule has 1 aliphatic rings. The van der Waals surface area contributed by atoms with E-state index in [2.05, 4.69) is 33.9 Å². The monoisotopic (exact) mass is 302 g/mol. The van der Waals surface area contributed by atoms with Gasteiger partial charge >= 0.3 is 0 Å². The summed E-state index contributed by atoms with van der Waals surface area (Å²) >= 11 is 0. The molecule has 5 heteroatoms. The Balaban J connectivity index is 2.67. The van der Waals surface area contributed by atoms with Gasteiger partial charge in [-0.15, -0.1) is 0 Å². The van der Waals surface area contributed by atoms with Crippen molar-refractivity contribution in [3.05, 3.63) is 12.3 Å². The third kappa shape index (κ3) is 4.58. The molecule has 0 N–H and O–H groups in total. The topological polar surface area (TPSA) is 36.9 Å². The van der Waals surface area contributed by atoms with E-state index >= 15 is 0 Å². The average Bonchev–Trinajstić information content (AvgIpc) is 2.57. The maximum atomic E-state index is 6.24. The fraction of sp³-hybridized carbons (Fsp3) is 0.867. The SMILES string of the molecule is CO/C=C\[C@H]1OC(C)(C)O[C@@H]1CO[Si](C)(C)C(C)(C)C. The summed E-state index contributed by atoms with van der Waals surface area (Å²) in [7, 11) is -0.147. The predicted octanol–water partition coefficient (Wildman–Crippen LogP) is 3.69. The first-order valence-corrected chi connectivity index (χ1v) is 10.1. The zero-order chi connectivity index (χ0) is 15.6. The molecule has 0 aliphatic carbocycles. The van der Waals surface area contributed by atoms with Crippen LogP contribution in [0, 0.1) is 0 Å². The number of ether oxygens (including phenoxy) is 3. The van der Waals surface area contributed by atoms with Crippen LogP contribution in [0.4, 0.5) is 0 Å². The van der Waals surface area contributed by atoms with Crippen molar-refractivity contribution in [1.29, 1.82) is 0 Å². The van der Waals surface area contributed by atoms with E-state index in [1.54, 1.807) is 13.4 Å². The predicted molar refractivity (Wildman–Crippen MR) is 83.1 cm³/mol. The summed E-state index contributed by atoms with van der Waals surface area (Å²) in [5, 5.41) is 0.194. The van der Waals surface area contributed by atoms with Crippen molar-refractivity contribution >= 4 is 8.32 Å². The third-order valence-corrected chi connectivity index (χ3v) is 8.54. The van der Waals surface area contributed by atoms with Gasteiger partial charge in [0.1, 0.15) is 12.2 Å². The molecule has 0 aromatic rings. The van der Waals surface area contributed by atoms with Crippen LogP contribution in [0.3, 0.4) is 0 Å². The van der Waals surface area contributed by atoms with E-state index in [9.17, 15) is 0 Å². The van der Waals surface area contributed by atoms with E-state index in [1.165, 1.54) is 0 Å². The molecule has 0 saturated carbocycles. The van der Waals surface area contributed by atoms with E-state index in [1.807, 2.05) is 19.9 Å². The second kappa shape index (κ2) is 6.18. The molecule has 4 nitrogen and oxygen atoms in total. The highest BCUT2D eigenvalue weighted by molar-refractivity contribution is 6.74. The van der Waals surface area contributed by atoms with Crippen LogP contribution in [-0.4, -0.2) is 40.0 Å². The highest BCUT2D eigenvalue weighted by atomic mass is 28.4. The minimum absolute atomic E-state index is 0.0921. The lowest BCUT2D eigenvalue weighted by atomic mass is 10.2. The fourth-order valence-electron chi connectivity index (χ4n) is 1.82. The van der Waals surface area contributed by atoms with Crippen molar-refractivity contribution in [2.45, 2.75) is 70.7 Å². The van der Waals surface area contributed by atoms with Gasteiger partial charge in [-0.1, -0.05) is 20.8 Å². The Hall–Kier alpha value is -0.363. The highest BCUT2D eigenvalue weighted by Gasteiger charge is 2.43. The Bertz CT molecular complexity index is 344. The lowest BCUT2D eigenvalue weighted by molar-refractivity contribution is -0.145. The number of methoxy groups -OCH3 is 1. The molecular weight excluding hydrogens is 272 g/mol. The van der Waals surface area contributed by atoms with Gasteiger partial charge in [-0.2, -0.15) is 0 Å². The van der Waals surface area contributed by atoms with Crippen LogP contribution in [0.25, 0.3) is 0 Å². The smallest absolute Gasteiger partial charge is 0.192 e. The largest absolute Gasteiger partial charge is 0.505 e. The van der Waals surface area contributed by atoms with Crippen molar-refractivity contribution in [1.82, 2.24) is 0 Å². The van der Waals surface area contributed by atoms with Crippen LogP contribution in [0.2, 0.25) is 18.1 Å². The summed E-state index contributed by atoms with van der Waals surface area (Å²) in [6.45, 7) is 15.6. The summed E-state index contributed by atoms with van der Waals surface area (Å²) in [5.74, 6) is -0.579. The van der Waals surface area contributed by atoms with Crippen molar-refractivity contribution in [3.63, 3.8) is 0 Å². The molecule has 0 spiro atoms. The van der Waals surface area contributed by atoms with Gasteiger partial charge in [-0.05, 0) is 38.1 Å². The van der Waals surface area contributed by atoms with Gasteiger partial charge in [0, 0.05) is 0 Å². The fourth-order valence-corrected chi connectivity index (χ4v) is 2.83. The molecule has 1 aliphatic heterocycles. The number of rotatable bonds is 5. The summed E-state index contributed by atoms with van der Waals surface area (Å²) < 4.78 is 23.0. The molecule has 0 unspecified atom stereocenters. The van der Waals surface area contributed by atoms with Gasteiger partial charge in [0.15, 0.2) is 14.1 Å². The lowest BCUT2D eigenvalue weighted by Crippen LogP contribution is -2.43. The third-order valence-electron chi connectivity index (χ3n) is 4.04. The van der Waals surface area contributed by atoms with Crippen LogP contribution in [0.15, 0.2) is 12.3 Å². The van der Waals surface area contributed by atoms with Crippen LogP contribution >= 0.6 is 0 Å². The molecule has 2 atom stereocenters. The minimum Gasteiger partial charge on any atom is -0.505 e. The molecule has 1 rings (SSSR count). The first-order valence-electron chi connectivity index (χ1n) is 7.17. The molecule has 1 saturated heterocycles. The molecule has 20 heavy (non-hydrogen) atoms. The van der Waals surface area contributed by atoms with E-state index in [0.717, 1.165) is 0 Å². The van der Waals surface area contributed by atoms with Gasteiger partial charge in [-0.25, -0.2) is 0 Å². The van der Waals surface area contributed by atoms with Crippen LogP contribution in [0.1, 0.15) is 34.6 Å². The van der Waals surface area contributed by atoms with E-state index < -0.39 is 14.1 Å². The van der Waals surface area contributed by atoms with Gasteiger partial charge in [-0.3, -0.25) is 0 Å². The second-order valence-corrected chi connectivity index (χ2v) is 12.1. The van der Waals surface area contributed by atoms with Gasteiger partial charge < -0.3 is 18.6 Å². The molecule has 0 aromatic heterocycles. The Kier molecular flexibility index (Phi) is 5.46. The van der Waals surface area contributed by atoms with Crippen molar-refractivity contribution in [2.24, 2.45) is 0 Å².